The van der Waals surface area contributed by atoms with Crippen LogP contribution >= 0.6 is 11.3 Å². The van der Waals surface area contributed by atoms with Crippen LogP contribution in [0.2, 0.25) is 0 Å². The van der Waals surface area contributed by atoms with Crippen molar-refractivity contribution in [2.45, 2.75) is 36.3 Å². The maximum Gasteiger partial charge on any atom is 0.271 e. The molecule has 0 radical (unpaired) electrons. The van der Waals surface area contributed by atoms with Gasteiger partial charge in [0.05, 0.1) is 12.8 Å². The summed E-state index contributed by atoms with van der Waals surface area (Å²) in [5.41, 5.74) is 0.814. The number of anilines is 1. The normalized spacial score (nSPS) is 15.7. The van der Waals surface area contributed by atoms with Crippen molar-refractivity contribution in [3.8, 4) is 5.75 Å². The molecular weight excluding hydrogens is 358 g/mol. The topological polar surface area (TPSA) is 72.5 Å². The quantitative estimate of drug-likeness (QED) is 0.759. The van der Waals surface area contributed by atoms with Gasteiger partial charge in [-0.1, -0.05) is 25.3 Å². The van der Waals surface area contributed by atoms with Crippen LogP contribution in [0.25, 0.3) is 0 Å². The minimum absolute atomic E-state index is 0.0314. The van der Waals surface area contributed by atoms with Crippen molar-refractivity contribution < 1.29 is 17.9 Å². The van der Waals surface area contributed by atoms with Crippen LogP contribution in [0.5, 0.6) is 5.75 Å². The highest BCUT2D eigenvalue weighted by molar-refractivity contribution is 7.94. The van der Waals surface area contributed by atoms with Crippen LogP contribution in [0.1, 0.15) is 42.5 Å². The first kappa shape index (κ1) is 17.9. The third-order valence-corrected chi connectivity index (χ3v) is 7.23. The molecule has 0 amide bonds. The van der Waals surface area contributed by atoms with E-state index in [1.54, 1.807) is 29.6 Å². The largest absolute Gasteiger partial charge is 0.495 e. The highest BCUT2D eigenvalue weighted by Gasteiger charge is 2.24. The Labute approximate surface area is 152 Å². The Hall–Kier alpha value is -1.86. The van der Waals surface area contributed by atoms with Gasteiger partial charge in [-0.15, -0.1) is 11.3 Å². The molecule has 1 fully saturated rings. The zero-order valence-electron chi connectivity index (χ0n) is 14.0. The van der Waals surface area contributed by atoms with Crippen LogP contribution in [0.3, 0.4) is 0 Å². The summed E-state index contributed by atoms with van der Waals surface area (Å²) in [6, 6.07) is 8.15. The van der Waals surface area contributed by atoms with Gasteiger partial charge in [-0.2, -0.15) is 0 Å². The van der Waals surface area contributed by atoms with Crippen molar-refractivity contribution in [1.82, 2.24) is 0 Å². The average molecular weight is 380 g/mol. The number of Topliss-reactive ketones (excluding diaryl/α,β-unsaturated/α-hetero) is 1. The lowest BCUT2D eigenvalue weighted by Gasteiger charge is -2.21. The lowest BCUT2D eigenvalue weighted by atomic mass is 9.84. The number of carbonyl (C=O) groups is 1. The molecule has 1 aromatic heterocycles. The molecular formula is C18H21NO4S2. The second kappa shape index (κ2) is 7.58. The molecule has 25 heavy (non-hydrogen) atoms. The van der Waals surface area contributed by atoms with Crippen LogP contribution in [0, 0.1) is 5.92 Å². The van der Waals surface area contributed by atoms with Crippen LogP contribution in [0.4, 0.5) is 5.69 Å². The second-order valence-electron chi connectivity index (χ2n) is 6.15. The van der Waals surface area contributed by atoms with Crippen LogP contribution in [-0.2, 0) is 10.0 Å². The second-order valence-corrected chi connectivity index (χ2v) is 9.01. The summed E-state index contributed by atoms with van der Waals surface area (Å²) in [5.74, 6) is 0.503. The maximum absolute atomic E-state index is 12.7. The number of sulfonamides is 1. The molecule has 0 saturated heterocycles. The van der Waals surface area contributed by atoms with E-state index in [1.807, 2.05) is 0 Å². The number of carbonyl (C=O) groups excluding carboxylic acids is 1. The molecule has 0 aliphatic heterocycles. The van der Waals surface area contributed by atoms with Gasteiger partial charge in [-0.3, -0.25) is 9.52 Å². The van der Waals surface area contributed by atoms with Crippen molar-refractivity contribution in [2.24, 2.45) is 5.92 Å². The highest BCUT2D eigenvalue weighted by atomic mass is 32.2. The molecule has 1 aliphatic carbocycles. The number of ether oxygens (including phenoxy) is 1. The molecule has 2 aromatic rings. The number of ketones is 1. The fourth-order valence-electron chi connectivity index (χ4n) is 3.15. The Kier molecular flexibility index (Phi) is 5.44. The third-order valence-electron chi connectivity index (χ3n) is 4.46. The number of nitrogens with one attached hydrogen (secondary N) is 1. The fraction of sp³-hybridized carbons (Fsp3) is 0.389. The molecule has 7 heteroatoms. The van der Waals surface area contributed by atoms with Gasteiger partial charge < -0.3 is 4.74 Å². The van der Waals surface area contributed by atoms with E-state index in [0.29, 0.717) is 11.3 Å². The monoisotopic (exact) mass is 379 g/mol. The molecule has 5 nitrogen and oxygen atoms in total. The SMILES string of the molecule is COc1ccc(C(=O)C2CCCCC2)cc1NS(=O)(=O)c1cccs1. The summed E-state index contributed by atoms with van der Waals surface area (Å²) in [6.45, 7) is 0. The summed E-state index contributed by atoms with van der Waals surface area (Å²) in [5, 5.41) is 1.70. The molecule has 0 atom stereocenters. The van der Waals surface area contributed by atoms with Gasteiger partial charge in [0.25, 0.3) is 10.0 Å². The maximum atomic E-state index is 12.7. The molecule has 1 heterocycles. The van der Waals surface area contributed by atoms with Gasteiger partial charge in [-0.25, -0.2) is 8.42 Å². The summed E-state index contributed by atoms with van der Waals surface area (Å²) < 4.78 is 33.0. The number of hydrogen-bond donors (Lipinski definition) is 1. The third kappa shape index (κ3) is 4.04. The number of benzene rings is 1. The van der Waals surface area contributed by atoms with Crippen molar-refractivity contribution in [3.63, 3.8) is 0 Å². The zero-order valence-corrected chi connectivity index (χ0v) is 15.7. The molecule has 1 aromatic carbocycles. The number of methoxy groups -OCH3 is 1. The number of hydrogen-bond acceptors (Lipinski definition) is 5. The van der Waals surface area contributed by atoms with E-state index in [0.717, 1.165) is 37.0 Å². The van der Waals surface area contributed by atoms with Crippen LogP contribution in [-0.4, -0.2) is 21.3 Å². The Balaban J connectivity index is 1.89. The predicted octanol–water partition coefficient (Wildman–Crippen LogP) is 4.32. The van der Waals surface area contributed by atoms with E-state index >= 15 is 0 Å². The molecule has 1 saturated carbocycles. The van der Waals surface area contributed by atoms with Crippen molar-refractivity contribution in [3.05, 3.63) is 41.3 Å². The van der Waals surface area contributed by atoms with E-state index in [2.05, 4.69) is 4.72 Å². The van der Waals surface area contributed by atoms with Crippen molar-refractivity contribution >= 4 is 32.8 Å². The minimum Gasteiger partial charge on any atom is -0.495 e. The van der Waals surface area contributed by atoms with Gasteiger partial charge in [-0.05, 0) is 42.5 Å². The Bertz CT molecular complexity index is 838. The predicted molar refractivity (Wildman–Crippen MR) is 99.0 cm³/mol. The number of thiophene rings is 1. The summed E-state index contributed by atoms with van der Waals surface area (Å²) in [7, 11) is -2.22. The first-order valence-corrected chi connectivity index (χ1v) is 10.7. The van der Waals surface area contributed by atoms with Crippen molar-refractivity contribution in [1.29, 1.82) is 0 Å². The van der Waals surface area contributed by atoms with E-state index in [-0.39, 0.29) is 21.6 Å². The Morgan fingerprint density at radius 3 is 2.60 bits per heavy atom. The van der Waals surface area contributed by atoms with Crippen LogP contribution < -0.4 is 9.46 Å². The smallest absolute Gasteiger partial charge is 0.271 e. The van der Waals surface area contributed by atoms with Gasteiger partial charge in [0, 0.05) is 11.5 Å². The van der Waals surface area contributed by atoms with E-state index < -0.39 is 10.0 Å². The first-order chi connectivity index (χ1) is 12.0. The lowest BCUT2D eigenvalue weighted by molar-refractivity contribution is 0.0889. The molecule has 0 spiro atoms. The van der Waals surface area contributed by atoms with Crippen molar-refractivity contribution in [2.75, 3.05) is 11.8 Å². The highest BCUT2D eigenvalue weighted by Crippen LogP contribution is 2.32. The summed E-state index contributed by atoms with van der Waals surface area (Å²) in [6.07, 6.45) is 5.13. The molecule has 3 rings (SSSR count). The van der Waals surface area contributed by atoms with Crippen LogP contribution in [0.15, 0.2) is 39.9 Å². The summed E-state index contributed by atoms with van der Waals surface area (Å²) >= 11 is 1.14. The minimum atomic E-state index is -3.69. The van der Waals surface area contributed by atoms with E-state index in [4.69, 9.17) is 4.74 Å². The molecule has 134 valence electrons. The first-order valence-electron chi connectivity index (χ1n) is 8.30. The zero-order chi connectivity index (χ0) is 17.9. The van der Waals surface area contributed by atoms with E-state index in [1.165, 1.54) is 19.6 Å². The van der Waals surface area contributed by atoms with Gasteiger partial charge in [0.15, 0.2) is 5.78 Å². The summed E-state index contributed by atoms with van der Waals surface area (Å²) in [4.78, 5) is 12.7. The fourth-order valence-corrected chi connectivity index (χ4v) is 5.21. The Morgan fingerprint density at radius 2 is 1.96 bits per heavy atom. The molecule has 1 aliphatic rings. The molecule has 0 unspecified atom stereocenters. The molecule has 0 bridgehead atoms. The average Bonchev–Trinajstić information content (AvgIpc) is 3.17. The van der Waals surface area contributed by atoms with Gasteiger partial charge in [0.1, 0.15) is 9.96 Å². The van der Waals surface area contributed by atoms with E-state index in [9.17, 15) is 13.2 Å². The Morgan fingerprint density at radius 1 is 1.20 bits per heavy atom. The standard InChI is InChI=1S/C18H21NO4S2/c1-23-16-10-9-14(18(20)13-6-3-2-4-7-13)12-15(16)19-25(21,22)17-8-5-11-24-17/h5,8-13,19H,2-4,6-7H2,1H3. The molecule has 1 N–H and O–H groups in total. The van der Waals surface area contributed by atoms with Gasteiger partial charge in [0.2, 0.25) is 0 Å². The van der Waals surface area contributed by atoms with Gasteiger partial charge >= 0.3 is 0 Å². The lowest BCUT2D eigenvalue weighted by Crippen LogP contribution is -2.18. The number of rotatable bonds is 6.